The monoisotopic (exact) mass is 381 g/mol. The van der Waals surface area contributed by atoms with Gasteiger partial charge in [-0.15, -0.1) is 0 Å². The van der Waals surface area contributed by atoms with Gasteiger partial charge in [-0.05, 0) is 49.4 Å². The van der Waals surface area contributed by atoms with E-state index in [-0.39, 0.29) is 17.3 Å². The third-order valence-corrected chi connectivity index (χ3v) is 5.61. The van der Waals surface area contributed by atoms with E-state index in [1.54, 1.807) is 0 Å². The topological polar surface area (TPSA) is 37.4 Å². The fourth-order valence-electron chi connectivity index (χ4n) is 2.09. The molecule has 0 bridgehead atoms. The Balaban J connectivity index is 2.58. The van der Waals surface area contributed by atoms with Gasteiger partial charge in [-0.3, -0.25) is 4.31 Å². The lowest BCUT2D eigenvalue weighted by Crippen LogP contribution is -2.31. The van der Waals surface area contributed by atoms with Gasteiger partial charge in [-0.25, -0.2) is 12.8 Å². The number of benzene rings is 2. The van der Waals surface area contributed by atoms with Gasteiger partial charge in [0.15, 0.2) is 0 Å². The van der Waals surface area contributed by atoms with E-state index >= 15 is 0 Å². The summed E-state index contributed by atoms with van der Waals surface area (Å²) in [6.07, 6.45) is -4.71. The number of hydrogen-bond acceptors (Lipinski definition) is 2. The first-order valence-corrected chi connectivity index (χ1v) is 8.54. The van der Waals surface area contributed by atoms with Crippen LogP contribution in [0.4, 0.5) is 23.2 Å². The SMILES string of the molecule is CCN(c1ccc(F)cc1)S(=O)(=O)c1cc(C(F)(F)F)ccc1Cl. The number of halogens is 5. The van der Waals surface area contributed by atoms with Crippen LogP contribution in [0.5, 0.6) is 0 Å². The Morgan fingerprint density at radius 2 is 1.67 bits per heavy atom. The van der Waals surface area contributed by atoms with Gasteiger partial charge in [-0.2, -0.15) is 13.2 Å². The quantitative estimate of drug-likeness (QED) is 0.719. The Bertz CT molecular complexity index is 836. The standard InChI is InChI=1S/C15H12ClF4NO2S/c1-2-21(12-6-4-11(17)5-7-12)24(22,23)14-9-10(15(18,19)20)3-8-13(14)16/h3-9H,2H2,1H3. The minimum atomic E-state index is -4.71. The zero-order valence-corrected chi connectivity index (χ0v) is 13.9. The number of anilines is 1. The number of rotatable bonds is 4. The molecule has 3 nitrogen and oxygen atoms in total. The highest BCUT2D eigenvalue weighted by molar-refractivity contribution is 7.93. The summed E-state index contributed by atoms with van der Waals surface area (Å²) in [6.45, 7) is 1.43. The van der Waals surface area contributed by atoms with Crippen molar-refractivity contribution in [3.8, 4) is 0 Å². The summed E-state index contributed by atoms with van der Waals surface area (Å²) in [7, 11) is -4.35. The highest BCUT2D eigenvalue weighted by Crippen LogP contribution is 2.35. The van der Waals surface area contributed by atoms with Crippen LogP contribution in [-0.4, -0.2) is 15.0 Å². The highest BCUT2D eigenvalue weighted by Gasteiger charge is 2.34. The molecule has 0 saturated heterocycles. The molecule has 0 aliphatic carbocycles. The molecule has 2 aromatic carbocycles. The molecule has 0 atom stereocenters. The average Bonchev–Trinajstić information content (AvgIpc) is 2.48. The van der Waals surface area contributed by atoms with Crippen LogP contribution in [0.1, 0.15) is 12.5 Å². The Labute approximate surface area is 141 Å². The lowest BCUT2D eigenvalue weighted by Gasteiger charge is -2.24. The Morgan fingerprint density at radius 3 is 2.17 bits per heavy atom. The predicted molar refractivity (Wildman–Crippen MR) is 83.1 cm³/mol. The molecule has 2 rings (SSSR count). The van der Waals surface area contributed by atoms with Crippen LogP contribution in [-0.2, 0) is 16.2 Å². The molecular formula is C15H12ClF4NO2S. The van der Waals surface area contributed by atoms with Gasteiger partial charge >= 0.3 is 6.18 Å². The second-order valence-corrected chi connectivity index (χ2v) is 7.03. The van der Waals surface area contributed by atoms with Crippen LogP contribution >= 0.6 is 11.6 Å². The van der Waals surface area contributed by atoms with Crippen LogP contribution in [0, 0.1) is 5.82 Å². The summed E-state index contributed by atoms with van der Waals surface area (Å²) in [5.74, 6) is -0.565. The van der Waals surface area contributed by atoms with Gasteiger partial charge in [0.05, 0.1) is 16.3 Å². The van der Waals surface area contributed by atoms with Crippen molar-refractivity contribution in [1.82, 2.24) is 0 Å². The lowest BCUT2D eigenvalue weighted by molar-refractivity contribution is -0.137. The summed E-state index contributed by atoms with van der Waals surface area (Å²) >= 11 is 5.81. The molecule has 0 radical (unpaired) electrons. The Morgan fingerprint density at radius 1 is 1.08 bits per heavy atom. The third-order valence-electron chi connectivity index (χ3n) is 3.23. The summed E-state index contributed by atoms with van der Waals surface area (Å²) in [5, 5.41) is -0.330. The first-order valence-electron chi connectivity index (χ1n) is 6.72. The number of alkyl halides is 3. The van der Waals surface area contributed by atoms with Crippen molar-refractivity contribution >= 4 is 27.3 Å². The Kier molecular flexibility index (Phi) is 5.10. The molecule has 0 amide bonds. The summed E-state index contributed by atoms with van der Waals surface area (Å²) < 4.78 is 77.9. The van der Waals surface area contributed by atoms with E-state index in [0.29, 0.717) is 12.1 Å². The van der Waals surface area contributed by atoms with Crippen LogP contribution in [0.15, 0.2) is 47.4 Å². The molecular weight excluding hydrogens is 370 g/mol. The fraction of sp³-hybridized carbons (Fsp3) is 0.200. The third kappa shape index (κ3) is 3.64. The van der Waals surface area contributed by atoms with E-state index in [4.69, 9.17) is 11.6 Å². The fourth-order valence-corrected chi connectivity index (χ4v) is 4.07. The predicted octanol–water partition coefficient (Wildman–Crippen LogP) is 4.71. The first kappa shape index (κ1) is 18.5. The van der Waals surface area contributed by atoms with Crippen molar-refractivity contribution in [2.45, 2.75) is 18.0 Å². The number of hydrogen-bond donors (Lipinski definition) is 0. The highest BCUT2D eigenvalue weighted by atomic mass is 35.5. The van der Waals surface area contributed by atoms with Gasteiger partial charge in [-0.1, -0.05) is 11.6 Å². The summed E-state index contributed by atoms with van der Waals surface area (Å²) in [5.41, 5.74) is -1.01. The molecule has 0 aromatic heterocycles. The molecule has 0 spiro atoms. The largest absolute Gasteiger partial charge is 0.416 e. The van der Waals surface area contributed by atoms with E-state index in [2.05, 4.69) is 0 Å². The summed E-state index contributed by atoms with van der Waals surface area (Å²) in [6, 6.07) is 6.63. The molecule has 2 aromatic rings. The number of sulfonamides is 1. The van der Waals surface area contributed by atoms with Crippen LogP contribution < -0.4 is 4.31 Å². The maximum Gasteiger partial charge on any atom is 0.416 e. The lowest BCUT2D eigenvalue weighted by atomic mass is 10.2. The molecule has 0 saturated carbocycles. The van der Waals surface area contributed by atoms with Crippen LogP contribution in [0.25, 0.3) is 0 Å². The van der Waals surface area contributed by atoms with Gasteiger partial charge in [0.25, 0.3) is 10.0 Å². The molecule has 24 heavy (non-hydrogen) atoms. The summed E-state index contributed by atoms with van der Waals surface area (Å²) in [4.78, 5) is -0.662. The van der Waals surface area contributed by atoms with E-state index in [9.17, 15) is 26.0 Å². The molecule has 0 fully saturated rings. The molecule has 0 aliphatic heterocycles. The average molecular weight is 382 g/mol. The van der Waals surface area contributed by atoms with Crippen molar-refractivity contribution in [2.75, 3.05) is 10.8 Å². The Hall–Kier alpha value is -1.80. The molecule has 0 N–H and O–H groups in total. The maximum absolute atomic E-state index is 13.0. The van der Waals surface area contributed by atoms with Crippen molar-refractivity contribution in [3.05, 3.63) is 58.9 Å². The van der Waals surface area contributed by atoms with Crippen molar-refractivity contribution in [3.63, 3.8) is 0 Å². The van der Waals surface area contributed by atoms with Gasteiger partial charge in [0.2, 0.25) is 0 Å². The van der Waals surface area contributed by atoms with Gasteiger partial charge in [0, 0.05) is 6.54 Å². The van der Waals surface area contributed by atoms with Crippen molar-refractivity contribution in [1.29, 1.82) is 0 Å². The molecule has 130 valence electrons. The normalized spacial score (nSPS) is 12.2. The molecule has 0 heterocycles. The first-order chi connectivity index (χ1) is 11.1. The second-order valence-electron chi connectivity index (χ2n) is 4.79. The second kappa shape index (κ2) is 6.60. The van der Waals surface area contributed by atoms with Gasteiger partial charge in [0.1, 0.15) is 10.7 Å². The van der Waals surface area contributed by atoms with E-state index in [1.165, 1.54) is 19.1 Å². The van der Waals surface area contributed by atoms with E-state index in [1.807, 2.05) is 0 Å². The molecule has 0 aliphatic rings. The zero-order valence-electron chi connectivity index (χ0n) is 12.3. The maximum atomic E-state index is 13.0. The van der Waals surface area contributed by atoms with Crippen LogP contribution in [0.2, 0.25) is 5.02 Å². The van der Waals surface area contributed by atoms with Gasteiger partial charge < -0.3 is 0 Å². The zero-order chi connectivity index (χ0) is 18.1. The van der Waals surface area contributed by atoms with Crippen LogP contribution in [0.3, 0.4) is 0 Å². The number of nitrogens with zero attached hydrogens (tertiary/aromatic N) is 1. The van der Waals surface area contributed by atoms with E-state index < -0.39 is 32.5 Å². The minimum Gasteiger partial charge on any atom is -0.267 e. The smallest absolute Gasteiger partial charge is 0.267 e. The van der Waals surface area contributed by atoms with E-state index in [0.717, 1.165) is 22.5 Å². The molecule has 9 heteroatoms. The molecule has 0 unspecified atom stereocenters. The van der Waals surface area contributed by atoms with Crippen molar-refractivity contribution < 1.29 is 26.0 Å². The van der Waals surface area contributed by atoms with Crippen molar-refractivity contribution in [2.24, 2.45) is 0 Å². The minimum absolute atomic E-state index is 0.0689.